The highest BCUT2D eigenvalue weighted by molar-refractivity contribution is 6.30. The van der Waals surface area contributed by atoms with Gasteiger partial charge in [-0.3, -0.25) is 4.84 Å². The van der Waals surface area contributed by atoms with Crippen molar-refractivity contribution in [2.75, 3.05) is 0 Å². The van der Waals surface area contributed by atoms with E-state index in [9.17, 15) is 10.2 Å². The number of halogens is 1. The molecule has 109 valence electrons. The van der Waals surface area contributed by atoms with Crippen LogP contribution in [0.2, 0.25) is 5.02 Å². The van der Waals surface area contributed by atoms with Crippen LogP contribution in [0.1, 0.15) is 36.1 Å². The second-order valence-electron chi connectivity index (χ2n) is 4.89. The van der Waals surface area contributed by atoms with E-state index in [1.165, 1.54) is 5.06 Å². The Bertz CT molecular complexity index is 620. The Morgan fingerprint density at radius 2 is 1.67 bits per heavy atom. The molecule has 3 rings (SSSR count). The minimum absolute atomic E-state index is 0.545. The van der Waals surface area contributed by atoms with Crippen LogP contribution in [0.15, 0.2) is 48.5 Å². The molecule has 2 aromatic rings. The highest BCUT2D eigenvalue weighted by Crippen LogP contribution is 2.40. The number of hydroxylamine groups is 2. The van der Waals surface area contributed by atoms with Crippen LogP contribution in [0.3, 0.4) is 0 Å². The summed E-state index contributed by atoms with van der Waals surface area (Å²) in [5.74, 6) is 0. The summed E-state index contributed by atoms with van der Waals surface area (Å²) in [5, 5.41) is 22.3. The molecule has 21 heavy (non-hydrogen) atoms. The Balaban J connectivity index is 1.80. The first kappa shape index (κ1) is 14.5. The zero-order valence-electron chi connectivity index (χ0n) is 11.4. The summed E-state index contributed by atoms with van der Waals surface area (Å²) >= 11 is 5.95. The van der Waals surface area contributed by atoms with Crippen molar-refractivity contribution in [1.82, 2.24) is 5.06 Å². The molecule has 0 spiro atoms. The lowest BCUT2D eigenvalue weighted by Gasteiger charge is -2.26. The zero-order chi connectivity index (χ0) is 15.0. The van der Waals surface area contributed by atoms with Crippen molar-refractivity contribution in [3.05, 3.63) is 76.3 Å². The van der Waals surface area contributed by atoms with Crippen LogP contribution in [0.5, 0.6) is 0 Å². The van der Waals surface area contributed by atoms with Crippen LogP contribution in [0.25, 0.3) is 0 Å². The van der Waals surface area contributed by atoms with E-state index in [1.54, 1.807) is 31.2 Å². The van der Waals surface area contributed by atoms with E-state index in [1.807, 2.05) is 24.3 Å². The second kappa shape index (κ2) is 5.75. The summed E-state index contributed by atoms with van der Waals surface area (Å²) in [6, 6.07) is 14.4. The van der Waals surface area contributed by atoms with E-state index in [2.05, 4.69) is 0 Å². The highest BCUT2D eigenvalue weighted by Gasteiger charge is 2.38. The summed E-state index contributed by atoms with van der Waals surface area (Å²) < 4.78 is 0. The van der Waals surface area contributed by atoms with Crippen LogP contribution < -0.4 is 0 Å². The molecule has 0 aromatic heterocycles. The molecule has 1 aliphatic rings. The lowest BCUT2D eigenvalue weighted by atomic mass is 10.1. The van der Waals surface area contributed by atoms with Gasteiger partial charge in [-0.2, -0.15) is 0 Å². The lowest BCUT2D eigenvalue weighted by molar-refractivity contribution is -0.285. The van der Waals surface area contributed by atoms with Gasteiger partial charge in [0, 0.05) is 16.1 Å². The van der Waals surface area contributed by atoms with Gasteiger partial charge in [0.05, 0.1) is 0 Å². The number of aliphatic hydroxyl groups excluding tert-OH is 2. The molecule has 0 fully saturated rings. The van der Waals surface area contributed by atoms with Gasteiger partial charge in [0.1, 0.15) is 6.10 Å². The number of aliphatic hydroxyl groups is 2. The average molecular weight is 305 g/mol. The minimum Gasteiger partial charge on any atom is -0.372 e. The van der Waals surface area contributed by atoms with Crippen LogP contribution >= 0.6 is 11.6 Å². The van der Waals surface area contributed by atoms with Gasteiger partial charge in [-0.05, 0) is 24.6 Å². The van der Waals surface area contributed by atoms with E-state index in [0.29, 0.717) is 22.3 Å². The zero-order valence-corrected chi connectivity index (χ0v) is 12.2. The monoisotopic (exact) mass is 304 g/mol. The molecule has 0 bridgehead atoms. The second-order valence-corrected chi connectivity index (χ2v) is 5.33. The molecule has 2 aromatic carbocycles. The largest absolute Gasteiger partial charge is 0.372 e. The summed E-state index contributed by atoms with van der Waals surface area (Å²) in [6.07, 6.45) is -1.47. The summed E-state index contributed by atoms with van der Waals surface area (Å²) in [4.78, 5) is 5.65. The molecular formula is C16H15ClNO3. The molecule has 0 amide bonds. The molecule has 0 saturated carbocycles. The first-order valence-electron chi connectivity index (χ1n) is 6.58. The van der Waals surface area contributed by atoms with Crippen LogP contribution in [0.4, 0.5) is 0 Å². The van der Waals surface area contributed by atoms with Crippen molar-refractivity contribution in [3.63, 3.8) is 0 Å². The lowest BCUT2D eigenvalue weighted by Crippen LogP contribution is -2.28. The van der Waals surface area contributed by atoms with Gasteiger partial charge in [0.25, 0.3) is 0 Å². The number of benzene rings is 2. The fourth-order valence-corrected chi connectivity index (χ4v) is 2.60. The quantitative estimate of drug-likeness (QED) is 0.914. The molecular weight excluding hydrogens is 290 g/mol. The normalized spacial score (nSPS) is 21.8. The van der Waals surface area contributed by atoms with Crippen molar-refractivity contribution in [1.29, 1.82) is 0 Å². The SMILES string of the molecule is C[C](ON1C(O)c2ccccc2C1O)c1cccc(Cl)c1. The van der Waals surface area contributed by atoms with Gasteiger partial charge in [0.2, 0.25) is 0 Å². The fraction of sp³-hybridized carbons (Fsp3) is 0.188. The number of rotatable bonds is 3. The predicted molar refractivity (Wildman–Crippen MR) is 78.8 cm³/mol. The first-order chi connectivity index (χ1) is 10.1. The van der Waals surface area contributed by atoms with Crippen LogP contribution in [-0.4, -0.2) is 15.3 Å². The maximum atomic E-state index is 10.3. The summed E-state index contributed by atoms with van der Waals surface area (Å²) in [7, 11) is 0. The van der Waals surface area contributed by atoms with Crippen molar-refractivity contribution >= 4 is 11.6 Å². The third kappa shape index (κ3) is 2.69. The van der Waals surface area contributed by atoms with E-state index >= 15 is 0 Å². The molecule has 1 radical (unpaired) electrons. The molecule has 1 aliphatic heterocycles. The molecule has 0 saturated heterocycles. The van der Waals surface area contributed by atoms with Crippen molar-refractivity contribution < 1.29 is 15.1 Å². The van der Waals surface area contributed by atoms with Gasteiger partial charge >= 0.3 is 0 Å². The number of hydrogen-bond acceptors (Lipinski definition) is 4. The number of nitrogens with zero attached hydrogens (tertiary/aromatic N) is 1. The number of hydrogen-bond donors (Lipinski definition) is 2. The van der Waals surface area contributed by atoms with Crippen LogP contribution in [-0.2, 0) is 4.84 Å². The molecule has 0 aliphatic carbocycles. The van der Waals surface area contributed by atoms with E-state index in [-0.39, 0.29) is 0 Å². The predicted octanol–water partition coefficient (Wildman–Crippen LogP) is 3.17. The maximum absolute atomic E-state index is 10.3. The fourth-order valence-electron chi connectivity index (χ4n) is 2.41. The molecule has 4 nitrogen and oxygen atoms in total. The number of fused-ring (bicyclic) bond motifs is 1. The highest BCUT2D eigenvalue weighted by atomic mass is 35.5. The Kier molecular flexibility index (Phi) is 3.97. The van der Waals surface area contributed by atoms with E-state index in [0.717, 1.165) is 5.56 Å². The Morgan fingerprint density at radius 3 is 2.24 bits per heavy atom. The maximum Gasteiger partial charge on any atom is 0.159 e. The van der Waals surface area contributed by atoms with Crippen LogP contribution in [0, 0.1) is 6.10 Å². The standard InChI is InChI=1S/C16H15ClNO3/c1-10(11-5-4-6-12(17)9-11)21-18-15(19)13-7-2-3-8-14(13)16(18)20/h2-9,15-16,19-20H,1H3. The van der Waals surface area contributed by atoms with Crippen molar-refractivity contribution in [3.8, 4) is 0 Å². The molecule has 2 N–H and O–H groups in total. The molecule has 1 heterocycles. The third-order valence-corrected chi connectivity index (χ3v) is 3.74. The topological polar surface area (TPSA) is 52.9 Å². The first-order valence-corrected chi connectivity index (χ1v) is 6.96. The van der Waals surface area contributed by atoms with E-state index < -0.39 is 12.5 Å². The smallest absolute Gasteiger partial charge is 0.159 e. The van der Waals surface area contributed by atoms with Gasteiger partial charge < -0.3 is 10.2 Å². The summed E-state index contributed by atoms with van der Waals surface area (Å²) in [5.41, 5.74) is 2.07. The Labute approximate surface area is 128 Å². The van der Waals surface area contributed by atoms with Crippen molar-refractivity contribution in [2.45, 2.75) is 19.4 Å². The van der Waals surface area contributed by atoms with Crippen molar-refractivity contribution in [2.24, 2.45) is 0 Å². The Hall–Kier alpha value is -1.43. The Morgan fingerprint density at radius 1 is 1.05 bits per heavy atom. The third-order valence-electron chi connectivity index (χ3n) is 3.51. The van der Waals surface area contributed by atoms with E-state index in [4.69, 9.17) is 16.4 Å². The van der Waals surface area contributed by atoms with Gasteiger partial charge in [-0.1, -0.05) is 48.0 Å². The molecule has 2 unspecified atom stereocenters. The minimum atomic E-state index is -1.01. The molecule has 2 atom stereocenters. The van der Waals surface area contributed by atoms with Gasteiger partial charge in [0.15, 0.2) is 12.5 Å². The average Bonchev–Trinajstić information content (AvgIpc) is 2.73. The van der Waals surface area contributed by atoms with Gasteiger partial charge in [-0.25, -0.2) is 0 Å². The summed E-state index contributed by atoms with van der Waals surface area (Å²) in [6.45, 7) is 1.76. The van der Waals surface area contributed by atoms with Gasteiger partial charge in [-0.15, -0.1) is 5.06 Å². The molecule has 5 heteroatoms.